The number of alkyl halides is 2. The summed E-state index contributed by atoms with van der Waals surface area (Å²) in [6.07, 6.45) is 10.9. The molecule has 203 valence electrons. The van der Waals surface area contributed by atoms with Crippen LogP contribution >= 0.6 is 0 Å². The summed E-state index contributed by atoms with van der Waals surface area (Å²) in [7, 11) is 0. The number of ether oxygens (including phenoxy) is 2. The summed E-state index contributed by atoms with van der Waals surface area (Å²) in [6.45, 7) is -0.686. The third kappa shape index (κ3) is 7.52. The average Bonchev–Trinajstić information content (AvgIpc) is 2.92. The van der Waals surface area contributed by atoms with Gasteiger partial charge in [-0.3, -0.25) is 0 Å². The van der Waals surface area contributed by atoms with Crippen LogP contribution in [0.4, 0.5) is 17.6 Å². The van der Waals surface area contributed by atoms with Gasteiger partial charge >= 0.3 is 6.61 Å². The van der Waals surface area contributed by atoms with Crippen LogP contribution in [0.15, 0.2) is 54.6 Å². The number of benzene rings is 3. The largest absolute Gasteiger partial charge is 0.453 e. The first-order valence-electron chi connectivity index (χ1n) is 13.6. The first-order chi connectivity index (χ1) is 18.4. The Morgan fingerprint density at radius 2 is 1.58 bits per heavy atom. The van der Waals surface area contributed by atoms with Crippen molar-refractivity contribution in [2.75, 3.05) is 0 Å². The molecule has 3 aromatic rings. The summed E-state index contributed by atoms with van der Waals surface area (Å²) in [4.78, 5) is 0. The summed E-state index contributed by atoms with van der Waals surface area (Å²) in [5.74, 6) is 0.179. The van der Waals surface area contributed by atoms with Crippen LogP contribution in [-0.2, 0) is 6.42 Å². The van der Waals surface area contributed by atoms with Crippen LogP contribution in [0.2, 0.25) is 0 Å². The van der Waals surface area contributed by atoms with Crippen LogP contribution in [0.1, 0.15) is 70.3 Å². The number of para-hydroxylation sites is 1. The fourth-order valence-corrected chi connectivity index (χ4v) is 5.39. The molecule has 1 aliphatic carbocycles. The van der Waals surface area contributed by atoms with E-state index in [-0.39, 0.29) is 17.1 Å². The lowest BCUT2D eigenvalue weighted by Crippen LogP contribution is -2.15. The van der Waals surface area contributed by atoms with Crippen LogP contribution in [0, 0.1) is 29.5 Å². The average molecular weight is 528 g/mol. The Morgan fingerprint density at radius 3 is 2.26 bits per heavy atom. The third-order valence-electron chi connectivity index (χ3n) is 7.56. The smallest absolute Gasteiger partial charge is 0.387 e. The summed E-state index contributed by atoms with van der Waals surface area (Å²) in [5, 5.41) is 0. The minimum absolute atomic E-state index is 0.0367. The van der Waals surface area contributed by atoms with Gasteiger partial charge in [0.2, 0.25) is 0 Å². The van der Waals surface area contributed by atoms with Gasteiger partial charge in [0.05, 0.1) is 0 Å². The second-order valence-electron chi connectivity index (χ2n) is 10.2. The van der Waals surface area contributed by atoms with E-state index in [0.717, 1.165) is 31.2 Å². The molecule has 0 N–H and O–H groups in total. The van der Waals surface area contributed by atoms with Gasteiger partial charge in [0, 0.05) is 17.2 Å². The van der Waals surface area contributed by atoms with E-state index in [2.05, 4.69) is 17.7 Å². The van der Waals surface area contributed by atoms with Gasteiger partial charge in [-0.25, -0.2) is 8.78 Å². The molecule has 0 unspecified atom stereocenters. The topological polar surface area (TPSA) is 18.5 Å². The van der Waals surface area contributed by atoms with E-state index in [1.165, 1.54) is 50.7 Å². The molecule has 4 rings (SSSR count). The van der Waals surface area contributed by atoms with Gasteiger partial charge in [0.25, 0.3) is 0 Å². The number of rotatable bonds is 12. The van der Waals surface area contributed by atoms with Crippen molar-refractivity contribution in [1.82, 2.24) is 0 Å². The maximum absolute atomic E-state index is 15.4. The lowest BCUT2D eigenvalue weighted by Gasteiger charge is -2.28. The lowest BCUT2D eigenvalue weighted by molar-refractivity contribution is -0.0498. The van der Waals surface area contributed by atoms with E-state index in [1.54, 1.807) is 36.4 Å². The first kappa shape index (κ1) is 28.0. The van der Waals surface area contributed by atoms with E-state index in [1.807, 2.05) is 0 Å². The van der Waals surface area contributed by atoms with Crippen LogP contribution in [0.25, 0.3) is 11.1 Å². The van der Waals surface area contributed by atoms with Crippen molar-refractivity contribution in [3.05, 3.63) is 77.9 Å². The van der Waals surface area contributed by atoms with Crippen molar-refractivity contribution in [3.63, 3.8) is 0 Å². The quantitative estimate of drug-likeness (QED) is 0.172. The molecule has 1 aliphatic rings. The van der Waals surface area contributed by atoms with Gasteiger partial charge in [-0.1, -0.05) is 88.6 Å². The highest BCUT2D eigenvalue weighted by molar-refractivity contribution is 5.71. The van der Waals surface area contributed by atoms with Crippen molar-refractivity contribution in [1.29, 1.82) is 0 Å². The molecule has 0 aliphatic heterocycles. The highest BCUT2D eigenvalue weighted by Gasteiger charge is 2.23. The molecular formula is C32H35F4O2. The maximum atomic E-state index is 15.4. The Kier molecular flexibility index (Phi) is 10.1. The van der Waals surface area contributed by atoms with Gasteiger partial charge in [-0.15, -0.1) is 0 Å². The predicted octanol–water partition coefficient (Wildman–Crippen LogP) is 10.1. The zero-order valence-corrected chi connectivity index (χ0v) is 21.8. The van der Waals surface area contributed by atoms with Crippen LogP contribution in [-0.4, -0.2) is 6.61 Å². The van der Waals surface area contributed by atoms with Crippen molar-refractivity contribution >= 4 is 0 Å². The molecular weight excluding hydrogens is 492 g/mol. The molecule has 0 aromatic heterocycles. The molecule has 1 saturated carbocycles. The van der Waals surface area contributed by atoms with Gasteiger partial charge in [0.1, 0.15) is 17.3 Å². The second-order valence-corrected chi connectivity index (χ2v) is 10.2. The van der Waals surface area contributed by atoms with Crippen LogP contribution in [0.3, 0.4) is 0 Å². The summed E-state index contributed by atoms with van der Waals surface area (Å²) >= 11 is 0. The lowest BCUT2D eigenvalue weighted by atomic mass is 9.77. The third-order valence-corrected chi connectivity index (χ3v) is 7.56. The number of unbranched alkanes of at least 4 members (excludes halogenated alkanes) is 2. The molecule has 0 bridgehead atoms. The first-order valence-corrected chi connectivity index (χ1v) is 13.6. The van der Waals surface area contributed by atoms with E-state index in [0.29, 0.717) is 29.2 Å². The normalized spacial score (nSPS) is 17.5. The summed E-state index contributed by atoms with van der Waals surface area (Å²) in [6, 6.07) is 16.8. The van der Waals surface area contributed by atoms with Crippen molar-refractivity contribution in [2.45, 2.75) is 77.7 Å². The molecule has 2 nitrogen and oxygen atoms in total. The number of halogens is 4. The molecule has 38 heavy (non-hydrogen) atoms. The zero-order chi connectivity index (χ0) is 26.9. The highest BCUT2D eigenvalue weighted by atomic mass is 19.3. The van der Waals surface area contributed by atoms with Crippen LogP contribution < -0.4 is 9.47 Å². The van der Waals surface area contributed by atoms with Gasteiger partial charge in [-0.05, 0) is 54.5 Å². The number of hydrogen-bond acceptors (Lipinski definition) is 2. The molecule has 0 saturated heterocycles. The molecule has 1 fully saturated rings. The van der Waals surface area contributed by atoms with E-state index in [9.17, 15) is 13.2 Å². The predicted molar refractivity (Wildman–Crippen MR) is 142 cm³/mol. The van der Waals surface area contributed by atoms with Crippen molar-refractivity contribution in [2.24, 2.45) is 11.8 Å². The number of hydrogen-bond donors (Lipinski definition) is 0. The molecule has 3 aromatic carbocycles. The molecule has 0 heterocycles. The standard InChI is InChI=1S/C32H35F4O2/c1-2-3-4-7-22-10-12-23(13-11-22)14-19-27-28(33)20-21-30(31(27)34)38-29-9-6-5-8-26(29)24-15-17-25(18-16-24)37-32(35)36/h5-6,8-9,15-18,20,22-23,32H,2-4,7,10-14,19H2,1H3/t22-,23-. The zero-order valence-electron chi connectivity index (χ0n) is 21.8. The fourth-order valence-electron chi connectivity index (χ4n) is 5.39. The molecule has 1 radical (unpaired) electrons. The van der Waals surface area contributed by atoms with Crippen LogP contribution in [0.5, 0.6) is 17.2 Å². The Balaban J connectivity index is 1.42. The Hall–Kier alpha value is -3.02. The maximum Gasteiger partial charge on any atom is 0.387 e. The van der Waals surface area contributed by atoms with E-state index >= 15 is 4.39 Å². The van der Waals surface area contributed by atoms with E-state index < -0.39 is 18.2 Å². The molecule has 0 amide bonds. The minimum atomic E-state index is -2.91. The second kappa shape index (κ2) is 13.7. The molecule has 0 atom stereocenters. The van der Waals surface area contributed by atoms with Crippen molar-refractivity contribution < 1.29 is 27.0 Å². The highest BCUT2D eigenvalue weighted by Crippen LogP contribution is 2.38. The Bertz CT molecular complexity index is 1150. The van der Waals surface area contributed by atoms with Gasteiger partial charge in [0.15, 0.2) is 11.6 Å². The Morgan fingerprint density at radius 1 is 0.895 bits per heavy atom. The van der Waals surface area contributed by atoms with E-state index in [4.69, 9.17) is 4.74 Å². The summed E-state index contributed by atoms with van der Waals surface area (Å²) in [5.41, 5.74) is 1.34. The monoisotopic (exact) mass is 527 g/mol. The van der Waals surface area contributed by atoms with Crippen molar-refractivity contribution in [3.8, 4) is 28.4 Å². The van der Waals surface area contributed by atoms with Gasteiger partial charge in [-0.2, -0.15) is 8.78 Å². The van der Waals surface area contributed by atoms with Gasteiger partial charge < -0.3 is 9.47 Å². The SMILES string of the molecule is CCCCC[C@H]1CC[C@H](CCc2c(F)c[c]c(Oc3ccccc3-c3ccc(OC(F)F)cc3)c2F)CC1. The molecule has 6 heteroatoms. The summed E-state index contributed by atoms with van der Waals surface area (Å²) < 4.78 is 65.3. The Labute approximate surface area is 223 Å². The fraction of sp³-hybridized carbons (Fsp3) is 0.438. The minimum Gasteiger partial charge on any atom is -0.453 e. The molecule has 0 spiro atoms.